The van der Waals surface area contributed by atoms with E-state index in [1.807, 2.05) is 11.4 Å². The number of anilines is 1. The van der Waals surface area contributed by atoms with E-state index in [0.717, 1.165) is 18.2 Å². The zero-order valence-corrected chi connectivity index (χ0v) is 11.5. The number of nitrogens with one attached hydrogen (secondary N) is 2. The van der Waals surface area contributed by atoms with Crippen molar-refractivity contribution in [2.75, 3.05) is 5.32 Å². The van der Waals surface area contributed by atoms with Crippen molar-refractivity contribution in [1.29, 1.82) is 0 Å². The third-order valence-electron chi connectivity index (χ3n) is 3.36. The Morgan fingerprint density at radius 2 is 2.24 bits per heavy atom. The molecule has 0 radical (unpaired) electrons. The molecule has 0 unspecified atom stereocenters. The summed E-state index contributed by atoms with van der Waals surface area (Å²) in [5, 5.41) is 8.48. The zero-order chi connectivity index (χ0) is 12.5. The summed E-state index contributed by atoms with van der Waals surface area (Å²) >= 11 is 1.69. The maximum Gasteiger partial charge on any atom is 0.221 e. The van der Waals surface area contributed by atoms with Crippen LogP contribution >= 0.6 is 11.3 Å². The maximum atomic E-state index is 11.1. The van der Waals surface area contributed by atoms with Crippen LogP contribution in [-0.4, -0.2) is 11.4 Å². The molecule has 1 saturated carbocycles. The van der Waals surface area contributed by atoms with Gasteiger partial charge in [-0.15, -0.1) is 11.3 Å². The average Bonchev–Trinajstić information content (AvgIpc) is 2.99. The van der Waals surface area contributed by atoms with Crippen LogP contribution in [0.3, 0.4) is 0 Å². The molecular weight excluding hydrogens is 232 g/mol. The van der Waals surface area contributed by atoms with Crippen LogP contribution in [0.15, 0.2) is 11.4 Å². The molecule has 0 aromatic carbocycles. The van der Waals surface area contributed by atoms with Gasteiger partial charge in [-0.2, -0.15) is 0 Å². The monoisotopic (exact) mass is 252 g/mol. The Kier molecular flexibility index (Phi) is 3.54. The van der Waals surface area contributed by atoms with E-state index in [-0.39, 0.29) is 11.4 Å². The van der Waals surface area contributed by atoms with Crippen molar-refractivity contribution < 1.29 is 4.79 Å². The highest BCUT2D eigenvalue weighted by molar-refractivity contribution is 7.10. The predicted octanol–water partition coefficient (Wildman–Crippen LogP) is 2.98. The molecule has 2 N–H and O–H groups in total. The molecule has 0 saturated heterocycles. The molecule has 0 spiro atoms. The van der Waals surface area contributed by atoms with Gasteiger partial charge in [0.2, 0.25) is 5.91 Å². The largest absolute Gasteiger partial charge is 0.325 e. The molecule has 0 aliphatic heterocycles. The van der Waals surface area contributed by atoms with Crippen molar-refractivity contribution in [2.45, 2.75) is 45.7 Å². The highest BCUT2D eigenvalue weighted by Crippen LogP contribution is 2.39. The fourth-order valence-electron chi connectivity index (χ4n) is 2.04. The second-order valence-corrected chi connectivity index (χ2v) is 6.29. The lowest BCUT2D eigenvalue weighted by molar-refractivity contribution is -0.114. The van der Waals surface area contributed by atoms with Crippen LogP contribution in [0.5, 0.6) is 0 Å². The van der Waals surface area contributed by atoms with Crippen LogP contribution in [0, 0.1) is 5.92 Å². The lowest BCUT2D eigenvalue weighted by atomic mass is 9.99. The number of hydrogen-bond donors (Lipinski definition) is 2. The summed E-state index contributed by atoms with van der Waals surface area (Å²) in [6, 6.07) is 1.97. The molecule has 17 heavy (non-hydrogen) atoms. The maximum absolute atomic E-state index is 11.1. The van der Waals surface area contributed by atoms with Gasteiger partial charge in [-0.1, -0.05) is 0 Å². The Hall–Kier alpha value is -0.870. The van der Waals surface area contributed by atoms with Crippen molar-refractivity contribution in [1.82, 2.24) is 5.32 Å². The van der Waals surface area contributed by atoms with Crippen LogP contribution in [-0.2, 0) is 11.3 Å². The summed E-state index contributed by atoms with van der Waals surface area (Å²) in [5.74, 6) is 0.804. The molecule has 3 nitrogen and oxygen atoms in total. The summed E-state index contributed by atoms with van der Waals surface area (Å²) in [7, 11) is 0. The van der Waals surface area contributed by atoms with E-state index in [9.17, 15) is 4.79 Å². The molecule has 1 aromatic heterocycles. The van der Waals surface area contributed by atoms with Crippen LogP contribution in [0.1, 0.15) is 38.5 Å². The number of carbonyl (C=O) groups is 1. The van der Waals surface area contributed by atoms with E-state index >= 15 is 0 Å². The molecule has 1 fully saturated rings. The Balaban J connectivity index is 1.94. The molecule has 1 amide bonds. The van der Waals surface area contributed by atoms with Gasteiger partial charge in [-0.3, -0.25) is 4.79 Å². The van der Waals surface area contributed by atoms with Gasteiger partial charge in [0, 0.05) is 23.9 Å². The first-order valence-corrected chi connectivity index (χ1v) is 6.96. The van der Waals surface area contributed by atoms with Crippen molar-refractivity contribution in [3.05, 3.63) is 16.3 Å². The van der Waals surface area contributed by atoms with Crippen LogP contribution in [0.2, 0.25) is 0 Å². The van der Waals surface area contributed by atoms with Crippen molar-refractivity contribution in [3.8, 4) is 0 Å². The van der Waals surface area contributed by atoms with Gasteiger partial charge in [0.15, 0.2) is 0 Å². The number of thiophene rings is 1. The summed E-state index contributed by atoms with van der Waals surface area (Å²) in [6.45, 7) is 6.90. The third-order valence-corrected chi connectivity index (χ3v) is 4.28. The number of amides is 1. The fourth-order valence-corrected chi connectivity index (χ4v) is 2.81. The average molecular weight is 252 g/mol. The summed E-state index contributed by atoms with van der Waals surface area (Å²) in [6.07, 6.45) is 2.67. The van der Waals surface area contributed by atoms with E-state index in [4.69, 9.17) is 0 Å². The topological polar surface area (TPSA) is 41.1 Å². The van der Waals surface area contributed by atoms with Crippen molar-refractivity contribution in [3.63, 3.8) is 0 Å². The first-order chi connectivity index (χ1) is 7.99. The van der Waals surface area contributed by atoms with E-state index < -0.39 is 0 Å². The van der Waals surface area contributed by atoms with Gasteiger partial charge in [-0.05, 0) is 44.1 Å². The molecule has 4 heteroatoms. The second kappa shape index (κ2) is 4.78. The highest BCUT2D eigenvalue weighted by atomic mass is 32.1. The Morgan fingerprint density at radius 3 is 2.82 bits per heavy atom. The molecule has 1 aliphatic rings. The van der Waals surface area contributed by atoms with E-state index in [1.54, 1.807) is 18.3 Å². The summed E-state index contributed by atoms with van der Waals surface area (Å²) in [5.41, 5.74) is 1.15. The quantitative estimate of drug-likeness (QED) is 0.846. The van der Waals surface area contributed by atoms with Crippen LogP contribution in [0.4, 0.5) is 5.69 Å². The van der Waals surface area contributed by atoms with Gasteiger partial charge in [0.05, 0.1) is 5.69 Å². The van der Waals surface area contributed by atoms with Crippen LogP contribution < -0.4 is 10.6 Å². The van der Waals surface area contributed by atoms with Gasteiger partial charge in [0.1, 0.15) is 0 Å². The van der Waals surface area contributed by atoms with Gasteiger partial charge < -0.3 is 10.6 Å². The minimum atomic E-state index is -0.00824. The number of hydrogen-bond acceptors (Lipinski definition) is 3. The van der Waals surface area contributed by atoms with E-state index in [0.29, 0.717) is 0 Å². The predicted molar refractivity (Wildman–Crippen MR) is 72.3 cm³/mol. The molecule has 0 atom stereocenters. The standard InChI is InChI=1S/C13H20N2OS/c1-9(16)15-11-6-7-17-12(11)8-14-13(2,3)10-4-5-10/h6-7,10,14H,4-5,8H2,1-3H3,(H,15,16). The molecule has 94 valence electrons. The van der Waals surface area contributed by atoms with Gasteiger partial charge >= 0.3 is 0 Å². The Morgan fingerprint density at radius 1 is 1.53 bits per heavy atom. The van der Waals surface area contributed by atoms with Crippen molar-refractivity contribution >= 4 is 22.9 Å². The molecule has 1 aliphatic carbocycles. The van der Waals surface area contributed by atoms with Crippen molar-refractivity contribution in [2.24, 2.45) is 5.92 Å². The molecule has 1 aromatic rings. The smallest absolute Gasteiger partial charge is 0.221 e. The summed E-state index contributed by atoms with van der Waals surface area (Å²) < 4.78 is 0. The second-order valence-electron chi connectivity index (χ2n) is 5.29. The van der Waals surface area contributed by atoms with Gasteiger partial charge in [-0.25, -0.2) is 0 Å². The molecule has 1 heterocycles. The Labute approximate surface area is 107 Å². The SMILES string of the molecule is CC(=O)Nc1ccsc1CNC(C)(C)C1CC1. The molecular formula is C13H20N2OS. The lowest BCUT2D eigenvalue weighted by Crippen LogP contribution is -2.40. The first kappa shape index (κ1) is 12.6. The first-order valence-electron chi connectivity index (χ1n) is 6.08. The summed E-state index contributed by atoms with van der Waals surface area (Å²) in [4.78, 5) is 12.3. The van der Waals surface area contributed by atoms with Gasteiger partial charge in [0.25, 0.3) is 0 Å². The lowest BCUT2D eigenvalue weighted by Gasteiger charge is -2.26. The van der Waals surface area contributed by atoms with E-state index in [2.05, 4.69) is 24.5 Å². The third kappa shape index (κ3) is 3.30. The fraction of sp³-hybridized carbons (Fsp3) is 0.615. The molecule has 0 bridgehead atoms. The Bertz CT molecular complexity index is 407. The number of carbonyl (C=O) groups excluding carboxylic acids is 1. The minimum absolute atomic E-state index is 0.00824. The van der Waals surface area contributed by atoms with E-state index in [1.165, 1.54) is 17.7 Å². The van der Waals surface area contributed by atoms with Crippen LogP contribution in [0.25, 0.3) is 0 Å². The highest BCUT2D eigenvalue weighted by Gasteiger charge is 2.37. The minimum Gasteiger partial charge on any atom is -0.325 e. The molecule has 2 rings (SSSR count). The zero-order valence-electron chi connectivity index (χ0n) is 10.7. The number of rotatable bonds is 5. The normalized spacial score (nSPS) is 15.9.